The van der Waals surface area contributed by atoms with E-state index in [1.807, 2.05) is 44.2 Å². The number of hydrogen-bond donors (Lipinski definition) is 2. The van der Waals surface area contributed by atoms with Gasteiger partial charge in [-0.2, -0.15) is 5.10 Å². The van der Waals surface area contributed by atoms with Crippen molar-refractivity contribution in [3.8, 4) is 5.75 Å². The van der Waals surface area contributed by atoms with Gasteiger partial charge in [0.15, 0.2) is 0 Å². The smallest absolute Gasteiger partial charge is 0.275 e. The molecule has 0 radical (unpaired) electrons. The Bertz CT molecular complexity index is 697. The molecule has 0 aliphatic carbocycles. The SMILES string of the molecule is CC(C)/C(=N/NC(=O)c1cc(Br)ccc1O)c1ccccc1. The molecule has 0 bridgehead atoms. The van der Waals surface area contributed by atoms with Crippen LogP contribution >= 0.6 is 15.9 Å². The van der Waals surface area contributed by atoms with Crippen molar-refractivity contribution in [2.24, 2.45) is 11.0 Å². The Kier molecular flexibility index (Phi) is 5.33. The second-order valence-corrected chi connectivity index (χ2v) is 6.04. The highest BCUT2D eigenvalue weighted by molar-refractivity contribution is 9.10. The summed E-state index contributed by atoms with van der Waals surface area (Å²) in [4.78, 5) is 12.2. The molecule has 1 amide bonds. The van der Waals surface area contributed by atoms with Gasteiger partial charge in [0.05, 0.1) is 11.3 Å². The van der Waals surface area contributed by atoms with Crippen LogP contribution in [0.2, 0.25) is 0 Å². The molecular formula is C17H17BrN2O2. The van der Waals surface area contributed by atoms with Crippen LogP contribution in [0, 0.1) is 5.92 Å². The zero-order valence-electron chi connectivity index (χ0n) is 12.4. The Morgan fingerprint density at radius 2 is 1.86 bits per heavy atom. The summed E-state index contributed by atoms with van der Waals surface area (Å²) in [6, 6.07) is 14.4. The highest BCUT2D eigenvalue weighted by Crippen LogP contribution is 2.21. The molecular weight excluding hydrogens is 344 g/mol. The number of carbonyl (C=O) groups is 1. The van der Waals surface area contributed by atoms with E-state index in [0.717, 1.165) is 11.3 Å². The van der Waals surface area contributed by atoms with Gasteiger partial charge in [0.2, 0.25) is 0 Å². The van der Waals surface area contributed by atoms with Crippen molar-refractivity contribution in [1.29, 1.82) is 0 Å². The van der Waals surface area contributed by atoms with Gasteiger partial charge in [0.25, 0.3) is 5.91 Å². The fraction of sp³-hybridized carbons (Fsp3) is 0.176. The average molecular weight is 361 g/mol. The largest absolute Gasteiger partial charge is 0.507 e. The molecule has 22 heavy (non-hydrogen) atoms. The van der Waals surface area contributed by atoms with Crippen LogP contribution in [-0.4, -0.2) is 16.7 Å². The standard InChI is InChI=1S/C17H17BrN2O2/c1-11(2)16(12-6-4-3-5-7-12)19-20-17(22)14-10-13(18)8-9-15(14)21/h3-11,21H,1-2H3,(H,20,22)/b19-16-. The van der Waals surface area contributed by atoms with E-state index in [2.05, 4.69) is 26.5 Å². The second-order valence-electron chi connectivity index (χ2n) is 5.12. The third-order valence-electron chi connectivity index (χ3n) is 3.10. The number of aromatic hydroxyl groups is 1. The number of phenols is 1. The summed E-state index contributed by atoms with van der Waals surface area (Å²) in [6.45, 7) is 4.02. The minimum atomic E-state index is -0.451. The number of carbonyl (C=O) groups excluding carboxylic acids is 1. The number of halogens is 1. The molecule has 0 aliphatic rings. The van der Waals surface area contributed by atoms with E-state index in [4.69, 9.17) is 0 Å². The van der Waals surface area contributed by atoms with Crippen LogP contribution in [0.4, 0.5) is 0 Å². The molecule has 5 heteroatoms. The van der Waals surface area contributed by atoms with Gasteiger partial charge in [-0.05, 0) is 29.7 Å². The Morgan fingerprint density at radius 1 is 1.18 bits per heavy atom. The molecule has 0 saturated heterocycles. The quantitative estimate of drug-likeness (QED) is 0.640. The van der Waals surface area contributed by atoms with Crippen molar-refractivity contribution in [2.75, 3.05) is 0 Å². The lowest BCUT2D eigenvalue weighted by Crippen LogP contribution is -2.22. The topological polar surface area (TPSA) is 61.7 Å². The summed E-state index contributed by atoms with van der Waals surface area (Å²) in [5.41, 5.74) is 4.43. The van der Waals surface area contributed by atoms with Crippen molar-refractivity contribution in [2.45, 2.75) is 13.8 Å². The molecule has 0 aromatic heterocycles. The minimum absolute atomic E-state index is 0.0818. The molecule has 0 saturated carbocycles. The predicted octanol–water partition coefficient (Wildman–Crippen LogP) is 3.94. The summed E-state index contributed by atoms with van der Waals surface area (Å²) in [7, 11) is 0. The van der Waals surface area contributed by atoms with Crippen molar-refractivity contribution >= 4 is 27.5 Å². The summed E-state index contributed by atoms with van der Waals surface area (Å²) in [5.74, 6) is -0.381. The number of hydrazone groups is 1. The van der Waals surface area contributed by atoms with Gasteiger partial charge >= 0.3 is 0 Å². The Morgan fingerprint density at radius 3 is 2.50 bits per heavy atom. The van der Waals surface area contributed by atoms with Crippen LogP contribution in [-0.2, 0) is 0 Å². The lowest BCUT2D eigenvalue weighted by atomic mass is 10.0. The lowest BCUT2D eigenvalue weighted by molar-refractivity contribution is 0.0952. The van der Waals surface area contributed by atoms with Crippen LogP contribution in [0.15, 0.2) is 58.1 Å². The predicted molar refractivity (Wildman–Crippen MR) is 91.1 cm³/mol. The Hall–Kier alpha value is -2.14. The van der Waals surface area contributed by atoms with E-state index in [1.54, 1.807) is 12.1 Å². The molecule has 0 unspecified atom stereocenters. The fourth-order valence-corrected chi connectivity index (χ4v) is 2.36. The van der Waals surface area contributed by atoms with E-state index in [0.29, 0.717) is 4.47 Å². The molecule has 2 aromatic rings. The van der Waals surface area contributed by atoms with Crippen LogP contribution in [0.1, 0.15) is 29.8 Å². The van der Waals surface area contributed by atoms with Gasteiger partial charge in [-0.3, -0.25) is 4.79 Å². The number of hydrogen-bond acceptors (Lipinski definition) is 3. The Balaban J connectivity index is 2.24. The first-order valence-electron chi connectivity index (χ1n) is 6.91. The van der Waals surface area contributed by atoms with Crippen molar-refractivity contribution in [1.82, 2.24) is 5.43 Å². The molecule has 0 heterocycles. The second kappa shape index (κ2) is 7.22. The van der Waals surface area contributed by atoms with Gasteiger partial charge in [0, 0.05) is 4.47 Å². The van der Waals surface area contributed by atoms with Crippen LogP contribution in [0.5, 0.6) is 5.75 Å². The number of nitrogens with zero attached hydrogens (tertiary/aromatic N) is 1. The van der Waals surface area contributed by atoms with E-state index >= 15 is 0 Å². The number of benzene rings is 2. The van der Waals surface area contributed by atoms with E-state index in [-0.39, 0.29) is 17.2 Å². The van der Waals surface area contributed by atoms with E-state index in [9.17, 15) is 9.90 Å². The molecule has 0 atom stereocenters. The third-order valence-corrected chi connectivity index (χ3v) is 3.59. The van der Waals surface area contributed by atoms with E-state index in [1.165, 1.54) is 6.07 Å². The molecule has 2 N–H and O–H groups in total. The highest BCUT2D eigenvalue weighted by atomic mass is 79.9. The molecule has 0 fully saturated rings. The van der Waals surface area contributed by atoms with Crippen LogP contribution in [0.3, 0.4) is 0 Å². The third kappa shape index (κ3) is 3.95. The molecule has 2 aromatic carbocycles. The molecule has 0 aliphatic heterocycles. The monoisotopic (exact) mass is 360 g/mol. The lowest BCUT2D eigenvalue weighted by Gasteiger charge is -2.11. The highest BCUT2D eigenvalue weighted by Gasteiger charge is 2.13. The van der Waals surface area contributed by atoms with Crippen LogP contribution < -0.4 is 5.43 Å². The summed E-state index contributed by atoms with van der Waals surface area (Å²) < 4.78 is 0.714. The fourth-order valence-electron chi connectivity index (χ4n) is 2.00. The van der Waals surface area contributed by atoms with Crippen molar-refractivity contribution < 1.29 is 9.90 Å². The first-order valence-corrected chi connectivity index (χ1v) is 7.70. The Labute approximate surface area is 138 Å². The summed E-state index contributed by atoms with van der Waals surface area (Å²) in [5, 5.41) is 14.0. The number of amides is 1. The maximum absolute atomic E-state index is 12.2. The van der Waals surface area contributed by atoms with Gasteiger partial charge in [-0.15, -0.1) is 0 Å². The van der Waals surface area contributed by atoms with Crippen molar-refractivity contribution in [3.63, 3.8) is 0 Å². The molecule has 2 rings (SSSR count). The van der Waals surface area contributed by atoms with Gasteiger partial charge in [-0.25, -0.2) is 5.43 Å². The first kappa shape index (κ1) is 16.2. The first-order chi connectivity index (χ1) is 10.5. The van der Waals surface area contributed by atoms with Crippen molar-refractivity contribution in [3.05, 3.63) is 64.1 Å². The summed E-state index contributed by atoms with van der Waals surface area (Å²) in [6.07, 6.45) is 0. The molecule has 4 nitrogen and oxygen atoms in total. The molecule has 0 spiro atoms. The zero-order chi connectivity index (χ0) is 16.1. The number of rotatable bonds is 4. The number of phenolic OH excluding ortho intramolecular Hbond substituents is 1. The number of nitrogens with one attached hydrogen (secondary N) is 1. The van der Waals surface area contributed by atoms with Crippen LogP contribution in [0.25, 0.3) is 0 Å². The van der Waals surface area contributed by atoms with Gasteiger partial charge < -0.3 is 5.11 Å². The van der Waals surface area contributed by atoms with E-state index < -0.39 is 5.91 Å². The summed E-state index contributed by atoms with van der Waals surface area (Å²) >= 11 is 3.28. The van der Waals surface area contributed by atoms with Gasteiger partial charge in [0.1, 0.15) is 5.75 Å². The maximum Gasteiger partial charge on any atom is 0.275 e. The zero-order valence-corrected chi connectivity index (χ0v) is 14.0. The normalized spacial score (nSPS) is 11.5. The van der Waals surface area contributed by atoms with Gasteiger partial charge in [-0.1, -0.05) is 60.1 Å². The minimum Gasteiger partial charge on any atom is -0.507 e. The maximum atomic E-state index is 12.2. The molecule has 114 valence electrons. The average Bonchev–Trinajstić information content (AvgIpc) is 2.50.